The minimum Gasteiger partial charge on any atom is -0.496 e. The van der Waals surface area contributed by atoms with Gasteiger partial charge in [0.25, 0.3) is 0 Å². The van der Waals surface area contributed by atoms with Crippen LogP contribution in [0, 0.1) is 0 Å². The summed E-state index contributed by atoms with van der Waals surface area (Å²) in [5.41, 5.74) is 2.18. The Morgan fingerprint density at radius 3 is 2.37 bits per heavy atom. The number of nitrogens with one attached hydrogen (secondary N) is 1. The summed E-state index contributed by atoms with van der Waals surface area (Å²) in [6, 6.07) is 12.0. The standard InChI is InChI=1S/C21H27ClN2O3/c1-25-18-14-20(27-3)19(26-2)13-17(18)21(15-6-4-7-16(22)12-15)24-10-5-8-23-9-11-24/h4,6-7,12-14,21,23H,5,8-11H2,1-3H3. The first kappa shape index (κ1) is 19.8. The van der Waals surface area contributed by atoms with E-state index < -0.39 is 0 Å². The summed E-state index contributed by atoms with van der Waals surface area (Å²) in [6.07, 6.45) is 1.09. The summed E-state index contributed by atoms with van der Waals surface area (Å²) >= 11 is 6.32. The van der Waals surface area contributed by atoms with Crippen LogP contribution in [0.25, 0.3) is 0 Å². The van der Waals surface area contributed by atoms with E-state index in [1.54, 1.807) is 21.3 Å². The van der Waals surface area contributed by atoms with Gasteiger partial charge in [0.05, 0.1) is 27.4 Å². The number of halogens is 1. The van der Waals surface area contributed by atoms with Crippen molar-refractivity contribution in [1.29, 1.82) is 0 Å². The Morgan fingerprint density at radius 1 is 0.926 bits per heavy atom. The molecule has 1 unspecified atom stereocenters. The molecule has 2 aromatic carbocycles. The molecule has 6 heteroatoms. The topological polar surface area (TPSA) is 43.0 Å². The van der Waals surface area contributed by atoms with Crippen LogP contribution in [0.3, 0.4) is 0 Å². The van der Waals surface area contributed by atoms with E-state index in [0.29, 0.717) is 11.5 Å². The van der Waals surface area contributed by atoms with Gasteiger partial charge in [0.2, 0.25) is 0 Å². The highest BCUT2D eigenvalue weighted by molar-refractivity contribution is 6.30. The zero-order valence-electron chi connectivity index (χ0n) is 16.1. The van der Waals surface area contributed by atoms with E-state index in [1.165, 1.54) is 0 Å². The van der Waals surface area contributed by atoms with Crippen molar-refractivity contribution in [1.82, 2.24) is 10.2 Å². The fourth-order valence-corrected chi connectivity index (χ4v) is 3.85. The van der Waals surface area contributed by atoms with Crippen LogP contribution in [0.2, 0.25) is 5.02 Å². The van der Waals surface area contributed by atoms with Gasteiger partial charge in [-0.05, 0) is 36.7 Å². The molecule has 27 heavy (non-hydrogen) atoms. The molecule has 0 saturated carbocycles. The quantitative estimate of drug-likeness (QED) is 0.813. The normalized spacial score (nSPS) is 16.4. The Kier molecular flexibility index (Phi) is 6.83. The van der Waals surface area contributed by atoms with Gasteiger partial charge >= 0.3 is 0 Å². The van der Waals surface area contributed by atoms with Crippen molar-refractivity contribution < 1.29 is 14.2 Å². The van der Waals surface area contributed by atoms with Crippen molar-refractivity contribution in [2.24, 2.45) is 0 Å². The lowest BCUT2D eigenvalue weighted by atomic mass is 9.95. The van der Waals surface area contributed by atoms with Crippen molar-refractivity contribution in [2.45, 2.75) is 12.5 Å². The Bertz CT molecular complexity index is 761. The molecule has 0 aliphatic carbocycles. The van der Waals surface area contributed by atoms with Gasteiger partial charge in [0.1, 0.15) is 5.75 Å². The van der Waals surface area contributed by atoms with Crippen molar-refractivity contribution >= 4 is 11.6 Å². The molecule has 0 bridgehead atoms. The predicted octanol–water partition coefficient (Wildman–Crippen LogP) is 3.75. The third kappa shape index (κ3) is 4.49. The fraction of sp³-hybridized carbons (Fsp3) is 0.429. The number of rotatable bonds is 6. The molecule has 1 aliphatic heterocycles. The highest BCUT2D eigenvalue weighted by Gasteiger charge is 2.28. The maximum absolute atomic E-state index is 6.32. The maximum Gasteiger partial charge on any atom is 0.164 e. The van der Waals surface area contributed by atoms with E-state index in [1.807, 2.05) is 30.3 Å². The van der Waals surface area contributed by atoms with Crippen LogP contribution >= 0.6 is 11.6 Å². The van der Waals surface area contributed by atoms with Crippen molar-refractivity contribution in [2.75, 3.05) is 47.5 Å². The summed E-state index contributed by atoms with van der Waals surface area (Å²) in [4.78, 5) is 2.47. The second-order valence-corrected chi connectivity index (χ2v) is 6.98. The summed E-state index contributed by atoms with van der Waals surface area (Å²) in [5, 5.41) is 4.20. The van der Waals surface area contributed by atoms with Crippen LogP contribution < -0.4 is 19.5 Å². The molecular weight excluding hydrogens is 364 g/mol. The average molecular weight is 391 g/mol. The largest absolute Gasteiger partial charge is 0.496 e. The van der Waals surface area contributed by atoms with Crippen LogP contribution in [0.1, 0.15) is 23.6 Å². The maximum atomic E-state index is 6.32. The van der Waals surface area contributed by atoms with Gasteiger partial charge in [-0.15, -0.1) is 0 Å². The van der Waals surface area contributed by atoms with Crippen molar-refractivity contribution in [3.63, 3.8) is 0 Å². The van der Waals surface area contributed by atoms with E-state index in [4.69, 9.17) is 25.8 Å². The number of hydrogen-bond donors (Lipinski definition) is 1. The molecule has 1 atom stereocenters. The zero-order chi connectivity index (χ0) is 19.2. The first-order valence-corrected chi connectivity index (χ1v) is 9.56. The SMILES string of the molecule is COc1cc(OC)c(C(c2cccc(Cl)c2)N2CCCNCC2)cc1OC. The third-order valence-electron chi connectivity index (χ3n) is 4.93. The van der Waals surface area contributed by atoms with E-state index in [2.05, 4.69) is 16.3 Å². The van der Waals surface area contributed by atoms with Gasteiger partial charge in [-0.3, -0.25) is 4.90 Å². The Hall–Kier alpha value is -1.95. The molecule has 3 rings (SSSR count). The van der Waals surface area contributed by atoms with E-state index in [9.17, 15) is 0 Å². The molecule has 0 radical (unpaired) electrons. The summed E-state index contributed by atoms with van der Waals surface area (Å²) < 4.78 is 16.7. The van der Waals surface area contributed by atoms with Gasteiger partial charge in [0.15, 0.2) is 11.5 Å². The van der Waals surface area contributed by atoms with Crippen LogP contribution in [0.15, 0.2) is 36.4 Å². The molecule has 1 N–H and O–H groups in total. The number of methoxy groups -OCH3 is 3. The third-order valence-corrected chi connectivity index (χ3v) is 5.17. The lowest BCUT2D eigenvalue weighted by Gasteiger charge is -2.32. The first-order chi connectivity index (χ1) is 13.2. The highest BCUT2D eigenvalue weighted by Crippen LogP contribution is 2.42. The molecular formula is C21H27ClN2O3. The van der Waals surface area contributed by atoms with E-state index in [0.717, 1.165) is 54.5 Å². The number of ether oxygens (including phenoxy) is 3. The van der Waals surface area contributed by atoms with Crippen LogP contribution in [-0.4, -0.2) is 52.4 Å². The average Bonchev–Trinajstić information content (AvgIpc) is 2.97. The molecule has 1 saturated heterocycles. The number of nitrogens with zero attached hydrogens (tertiary/aromatic N) is 1. The van der Waals surface area contributed by atoms with Gasteiger partial charge in [-0.25, -0.2) is 0 Å². The Morgan fingerprint density at radius 2 is 1.67 bits per heavy atom. The molecule has 0 spiro atoms. The van der Waals surface area contributed by atoms with E-state index >= 15 is 0 Å². The molecule has 1 aliphatic rings. The molecule has 1 fully saturated rings. The molecule has 1 heterocycles. The lowest BCUT2D eigenvalue weighted by Crippen LogP contribution is -2.33. The molecule has 5 nitrogen and oxygen atoms in total. The van der Waals surface area contributed by atoms with Gasteiger partial charge < -0.3 is 19.5 Å². The second kappa shape index (κ2) is 9.31. The minimum absolute atomic E-state index is 0.0124. The Balaban J connectivity index is 2.14. The summed E-state index contributed by atoms with van der Waals surface area (Å²) in [6.45, 7) is 3.91. The van der Waals surface area contributed by atoms with Crippen molar-refractivity contribution in [3.05, 3.63) is 52.5 Å². The van der Waals surface area contributed by atoms with Crippen LogP contribution in [-0.2, 0) is 0 Å². The zero-order valence-corrected chi connectivity index (χ0v) is 16.9. The molecule has 146 valence electrons. The summed E-state index contributed by atoms with van der Waals surface area (Å²) in [5.74, 6) is 2.11. The monoisotopic (exact) mass is 390 g/mol. The Labute approximate surface area is 166 Å². The summed E-state index contributed by atoms with van der Waals surface area (Å²) in [7, 11) is 4.97. The smallest absolute Gasteiger partial charge is 0.164 e. The van der Waals surface area contributed by atoms with Crippen LogP contribution in [0.5, 0.6) is 17.2 Å². The van der Waals surface area contributed by atoms with Gasteiger partial charge in [-0.2, -0.15) is 0 Å². The van der Waals surface area contributed by atoms with Gasteiger partial charge in [-0.1, -0.05) is 23.7 Å². The molecule has 0 aromatic heterocycles. The number of hydrogen-bond acceptors (Lipinski definition) is 5. The lowest BCUT2D eigenvalue weighted by molar-refractivity contribution is 0.235. The molecule has 2 aromatic rings. The fourth-order valence-electron chi connectivity index (χ4n) is 3.66. The highest BCUT2D eigenvalue weighted by atomic mass is 35.5. The van der Waals surface area contributed by atoms with Crippen LogP contribution in [0.4, 0.5) is 0 Å². The molecule has 0 amide bonds. The first-order valence-electron chi connectivity index (χ1n) is 9.18. The minimum atomic E-state index is 0.0124. The van der Waals surface area contributed by atoms with Gasteiger partial charge in [0, 0.05) is 36.3 Å². The van der Waals surface area contributed by atoms with Crippen molar-refractivity contribution in [3.8, 4) is 17.2 Å². The van der Waals surface area contributed by atoms with E-state index in [-0.39, 0.29) is 6.04 Å². The predicted molar refractivity (Wildman–Crippen MR) is 108 cm³/mol. The second-order valence-electron chi connectivity index (χ2n) is 6.55. The number of benzene rings is 2.